The van der Waals surface area contributed by atoms with Gasteiger partial charge >= 0.3 is 5.97 Å². The minimum Gasteiger partial charge on any atom is -0.496 e. The van der Waals surface area contributed by atoms with Crippen molar-refractivity contribution < 1.29 is 28.6 Å². The summed E-state index contributed by atoms with van der Waals surface area (Å²) in [6.07, 6.45) is 0.619. The van der Waals surface area contributed by atoms with Gasteiger partial charge in [0.1, 0.15) is 17.6 Å². The topological polar surface area (TPSA) is 92.7 Å². The van der Waals surface area contributed by atoms with Crippen LogP contribution in [0, 0.1) is 12.7 Å². The van der Waals surface area contributed by atoms with E-state index in [0.29, 0.717) is 39.9 Å². The zero-order chi connectivity index (χ0) is 26.7. The molecule has 188 valence electrons. The minimum atomic E-state index is -1.31. The van der Waals surface area contributed by atoms with Crippen LogP contribution in [0.5, 0.6) is 5.75 Å². The standard InChI is InChI=1S/C29H23ClFNO5/c1-16-6-3-11-22(31)25(16)28(34)32-23(29(35)36)14-17-7-4-9-20-19(17)8-5-10-21(20)26-24(37-2)13-12-18(15-33)27(26)30/h3-13,15,23H,14H2,1-2H3,(H,32,34)(H,35,36)/t23-/m0/s1. The SMILES string of the molecule is COc1ccc(C=O)c(Cl)c1-c1cccc2c(C[C@H](NC(=O)c3c(C)cccc3F)C(=O)O)cccc12. The number of carboxylic acid groups (broad SMARTS) is 1. The minimum absolute atomic E-state index is 0.0470. The Kier molecular flexibility index (Phi) is 7.55. The van der Waals surface area contributed by atoms with Crippen LogP contribution >= 0.6 is 11.6 Å². The first kappa shape index (κ1) is 25.9. The molecule has 0 saturated heterocycles. The lowest BCUT2D eigenvalue weighted by Gasteiger charge is -2.18. The van der Waals surface area contributed by atoms with E-state index in [1.165, 1.54) is 13.2 Å². The van der Waals surface area contributed by atoms with Gasteiger partial charge in [0.25, 0.3) is 5.91 Å². The smallest absolute Gasteiger partial charge is 0.326 e. The van der Waals surface area contributed by atoms with Crippen LogP contribution in [0.2, 0.25) is 5.02 Å². The van der Waals surface area contributed by atoms with Gasteiger partial charge in [-0.15, -0.1) is 0 Å². The summed E-state index contributed by atoms with van der Waals surface area (Å²) in [5.74, 6) is -2.30. The molecule has 0 aliphatic heterocycles. The molecule has 8 heteroatoms. The van der Waals surface area contributed by atoms with Gasteiger partial charge in [-0.05, 0) is 52.6 Å². The van der Waals surface area contributed by atoms with Crippen LogP contribution in [-0.2, 0) is 11.2 Å². The number of carbonyl (C=O) groups excluding carboxylic acids is 2. The number of aliphatic carboxylic acids is 1. The third-order valence-electron chi connectivity index (χ3n) is 6.24. The summed E-state index contributed by atoms with van der Waals surface area (Å²) >= 11 is 6.57. The Bertz CT molecular complexity index is 1510. The number of aryl methyl sites for hydroxylation is 1. The largest absolute Gasteiger partial charge is 0.496 e. The number of ether oxygens (including phenoxy) is 1. The van der Waals surface area contributed by atoms with Crippen LogP contribution in [0.25, 0.3) is 21.9 Å². The summed E-state index contributed by atoms with van der Waals surface area (Å²) in [5, 5.41) is 14.0. The molecule has 4 aromatic rings. The van der Waals surface area contributed by atoms with Crippen LogP contribution in [-0.4, -0.2) is 36.4 Å². The van der Waals surface area contributed by atoms with Crippen molar-refractivity contribution in [1.82, 2.24) is 5.32 Å². The van der Waals surface area contributed by atoms with Crippen molar-refractivity contribution in [2.45, 2.75) is 19.4 Å². The van der Waals surface area contributed by atoms with Crippen molar-refractivity contribution >= 4 is 40.5 Å². The molecule has 0 spiro atoms. The van der Waals surface area contributed by atoms with Crippen LogP contribution in [0.1, 0.15) is 31.8 Å². The Balaban J connectivity index is 1.76. The van der Waals surface area contributed by atoms with E-state index in [4.69, 9.17) is 16.3 Å². The Morgan fingerprint density at radius 1 is 1.05 bits per heavy atom. The highest BCUT2D eigenvalue weighted by atomic mass is 35.5. The first-order chi connectivity index (χ1) is 17.8. The van der Waals surface area contributed by atoms with Gasteiger partial charge < -0.3 is 15.2 Å². The van der Waals surface area contributed by atoms with Crippen molar-refractivity contribution in [2.24, 2.45) is 0 Å². The molecule has 0 radical (unpaired) electrons. The molecule has 0 unspecified atom stereocenters. The second-order valence-electron chi connectivity index (χ2n) is 8.48. The highest BCUT2D eigenvalue weighted by Gasteiger charge is 2.25. The first-order valence-corrected chi connectivity index (χ1v) is 11.8. The van der Waals surface area contributed by atoms with Crippen molar-refractivity contribution in [3.05, 3.63) is 99.8 Å². The number of hydrogen-bond acceptors (Lipinski definition) is 4. The number of rotatable bonds is 8. The van der Waals surface area contributed by atoms with Gasteiger partial charge in [0.2, 0.25) is 0 Å². The Morgan fingerprint density at radius 2 is 1.76 bits per heavy atom. The van der Waals surface area contributed by atoms with Crippen LogP contribution in [0.4, 0.5) is 4.39 Å². The van der Waals surface area contributed by atoms with Crippen LogP contribution in [0.3, 0.4) is 0 Å². The molecular weight excluding hydrogens is 497 g/mol. The van der Waals surface area contributed by atoms with E-state index in [-0.39, 0.29) is 17.0 Å². The molecule has 37 heavy (non-hydrogen) atoms. The summed E-state index contributed by atoms with van der Waals surface area (Å²) < 4.78 is 19.8. The van der Waals surface area contributed by atoms with E-state index in [9.17, 15) is 23.9 Å². The summed E-state index contributed by atoms with van der Waals surface area (Å²) in [6.45, 7) is 1.58. The lowest BCUT2D eigenvalue weighted by atomic mass is 9.92. The highest BCUT2D eigenvalue weighted by Crippen LogP contribution is 2.42. The molecule has 4 aromatic carbocycles. The molecule has 0 aliphatic rings. The van der Waals surface area contributed by atoms with E-state index in [0.717, 1.165) is 16.8 Å². The Hall–Kier alpha value is -4.23. The average Bonchev–Trinajstić information content (AvgIpc) is 2.88. The maximum Gasteiger partial charge on any atom is 0.326 e. The maximum absolute atomic E-state index is 14.3. The van der Waals surface area contributed by atoms with Crippen molar-refractivity contribution in [3.8, 4) is 16.9 Å². The molecule has 0 saturated carbocycles. The average molecular weight is 520 g/mol. The third kappa shape index (κ3) is 5.04. The lowest BCUT2D eigenvalue weighted by Crippen LogP contribution is -2.42. The number of amides is 1. The van der Waals surface area contributed by atoms with E-state index < -0.39 is 23.7 Å². The molecular formula is C29H23ClFNO5. The van der Waals surface area contributed by atoms with Gasteiger partial charge in [0.15, 0.2) is 6.29 Å². The fourth-order valence-corrected chi connectivity index (χ4v) is 4.73. The predicted molar refractivity (Wildman–Crippen MR) is 140 cm³/mol. The first-order valence-electron chi connectivity index (χ1n) is 11.4. The number of nitrogens with one attached hydrogen (secondary N) is 1. The molecule has 2 N–H and O–H groups in total. The molecule has 0 aliphatic carbocycles. The van der Waals surface area contributed by atoms with E-state index >= 15 is 0 Å². The number of carbonyl (C=O) groups is 3. The van der Waals surface area contributed by atoms with Crippen LogP contribution < -0.4 is 10.1 Å². The molecule has 4 rings (SSSR count). The van der Waals surface area contributed by atoms with Crippen molar-refractivity contribution in [1.29, 1.82) is 0 Å². The Labute approximate surface area is 217 Å². The van der Waals surface area contributed by atoms with Gasteiger partial charge in [-0.25, -0.2) is 9.18 Å². The highest BCUT2D eigenvalue weighted by molar-refractivity contribution is 6.36. The lowest BCUT2D eigenvalue weighted by molar-refractivity contribution is -0.139. The molecule has 1 atom stereocenters. The molecule has 1 amide bonds. The number of carboxylic acids is 1. The van der Waals surface area contributed by atoms with E-state index in [1.54, 1.807) is 43.3 Å². The monoisotopic (exact) mass is 519 g/mol. The maximum atomic E-state index is 14.3. The molecule has 0 bridgehead atoms. The number of methoxy groups -OCH3 is 1. The van der Waals surface area contributed by atoms with Gasteiger partial charge in [-0.1, -0.05) is 60.1 Å². The fourth-order valence-electron chi connectivity index (χ4n) is 4.43. The number of hydrogen-bond donors (Lipinski definition) is 2. The Morgan fingerprint density at radius 3 is 2.43 bits per heavy atom. The summed E-state index contributed by atoms with van der Waals surface area (Å²) in [4.78, 5) is 36.4. The van der Waals surface area contributed by atoms with Gasteiger partial charge in [0.05, 0.1) is 17.7 Å². The van der Waals surface area contributed by atoms with E-state index in [1.807, 2.05) is 18.2 Å². The second kappa shape index (κ2) is 10.8. The van der Waals surface area contributed by atoms with E-state index in [2.05, 4.69) is 5.32 Å². The zero-order valence-corrected chi connectivity index (χ0v) is 20.8. The quantitative estimate of drug-likeness (QED) is 0.285. The van der Waals surface area contributed by atoms with Gasteiger partial charge in [-0.3, -0.25) is 9.59 Å². The number of benzene rings is 4. The predicted octanol–water partition coefficient (Wildman–Crippen LogP) is 5.85. The molecule has 0 fully saturated rings. The second-order valence-corrected chi connectivity index (χ2v) is 8.86. The van der Waals surface area contributed by atoms with Crippen molar-refractivity contribution in [2.75, 3.05) is 7.11 Å². The van der Waals surface area contributed by atoms with Gasteiger partial charge in [0, 0.05) is 17.5 Å². The van der Waals surface area contributed by atoms with Crippen LogP contribution in [0.15, 0.2) is 66.7 Å². The number of aldehydes is 1. The third-order valence-corrected chi connectivity index (χ3v) is 6.65. The zero-order valence-electron chi connectivity index (χ0n) is 20.0. The van der Waals surface area contributed by atoms with Crippen molar-refractivity contribution in [3.63, 3.8) is 0 Å². The molecule has 6 nitrogen and oxygen atoms in total. The van der Waals surface area contributed by atoms with Gasteiger partial charge in [-0.2, -0.15) is 0 Å². The molecule has 0 heterocycles. The number of fused-ring (bicyclic) bond motifs is 1. The summed E-state index contributed by atoms with van der Waals surface area (Å²) in [6, 6.07) is 17.0. The molecule has 0 aromatic heterocycles. The summed E-state index contributed by atoms with van der Waals surface area (Å²) in [5.41, 5.74) is 2.41. The normalized spacial score (nSPS) is 11.7. The summed E-state index contributed by atoms with van der Waals surface area (Å²) in [7, 11) is 1.50. The number of halogens is 2. The fraction of sp³-hybridized carbons (Fsp3) is 0.138.